The number of azo groups is 1. The summed E-state index contributed by atoms with van der Waals surface area (Å²) in [6, 6.07) is 0. The van der Waals surface area contributed by atoms with Crippen LogP contribution in [-0.2, 0) is 0 Å². The van der Waals surface area contributed by atoms with Crippen molar-refractivity contribution < 1.29 is 5.11 Å². The lowest BCUT2D eigenvalue weighted by atomic mass is 10.8. The van der Waals surface area contributed by atoms with Crippen LogP contribution in [0, 0.1) is 0 Å². The normalized spacial score (nSPS) is 10.3. The van der Waals surface area contributed by atoms with Crippen LogP contribution in [0.15, 0.2) is 10.2 Å². The van der Waals surface area contributed by atoms with Crippen LogP contribution in [0.25, 0.3) is 0 Å². The number of nitrogens with zero attached hydrogens (tertiary/aromatic N) is 2. The van der Waals surface area contributed by atoms with Gasteiger partial charge in [-0.3, -0.25) is 0 Å². The molecule has 36 valence electrons. The van der Waals surface area contributed by atoms with Crippen LogP contribution in [0.2, 0.25) is 0 Å². The molecule has 0 atom stereocenters. The van der Waals surface area contributed by atoms with Gasteiger partial charge in [-0.1, -0.05) is 0 Å². The Bertz CT molecular complexity index is 38.1. The monoisotopic (exact) mass is 88.1 g/mol. The van der Waals surface area contributed by atoms with Gasteiger partial charge in [0.2, 0.25) is 0 Å². The van der Waals surface area contributed by atoms with Gasteiger partial charge in [0.25, 0.3) is 0 Å². The van der Waals surface area contributed by atoms with Gasteiger partial charge >= 0.3 is 0 Å². The van der Waals surface area contributed by atoms with Gasteiger partial charge in [-0.15, -0.1) is 0 Å². The first kappa shape index (κ1) is 5.56. The van der Waals surface area contributed by atoms with Crippen molar-refractivity contribution in [3.63, 3.8) is 0 Å². The Morgan fingerprint density at radius 3 is 2.33 bits per heavy atom. The summed E-state index contributed by atoms with van der Waals surface area (Å²) in [5.74, 6) is 0. The Morgan fingerprint density at radius 1 is 1.50 bits per heavy atom. The zero-order valence-electron chi connectivity index (χ0n) is 3.76. The van der Waals surface area contributed by atoms with Crippen LogP contribution in [0.3, 0.4) is 0 Å². The molecule has 0 rings (SSSR count). The van der Waals surface area contributed by atoms with Crippen LogP contribution in [0.1, 0.15) is 6.92 Å². The van der Waals surface area contributed by atoms with Crippen molar-refractivity contribution in [2.24, 2.45) is 10.2 Å². The molecule has 0 saturated carbocycles. The summed E-state index contributed by atoms with van der Waals surface area (Å²) in [6.45, 7) is 2.33. The van der Waals surface area contributed by atoms with E-state index in [4.69, 9.17) is 5.11 Å². The van der Waals surface area contributed by atoms with E-state index in [0.717, 1.165) is 0 Å². The molecule has 0 aliphatic heterocycles. The van der Waals surface area contributed by atoms with Gasteiger partial charge in [0, 0.05) is 0 Å². The fourth-order valence-corrected chi connectivity index (χ4v) is 0.145. The first-order valence-corrected chi connectivity index (χ1v) is 1.86. The lowest BCUT2D eigenvalue weighted by molar-refractivity contribution is 0.299. The Labute approximate surface area is 36.7 Å². The average molecular weight is 88.1 g/mol. The standard InChI is InChI=1S/C3H8N2O/c1-2-4-5-3-6/h6H,2-3H2,1H3. The maximum absolute atomic E-state index is 7.94. The summed E-state index contributed by atoms with van der Waals surface area (Å²) in [5.41, 5.74) is 0. The van der Waals surface area contributed by atoms with Crippen LogP contribution < -0.4 is 0 Å². The summed E-state index contributed by atoms with van der Waals surface area (Å²) >= 11 is 0. The van der Waals surface area contributed by atoms with Gasteiger partial charge in [0.1, 0.15) is 0 Å². The highest BCUT2D eigenvalue weighted by atomic mass is 16.3. The highest BCUT2D eigenvalue weighted by Crippen LogP contribution is 1.67. The molecule has 0 fully saturated rings. The van der Waals surface area contributed by atoms with Gasteiger partial charge in [0.15, 0.2) is 6.73 Å². The molecule has 0 radical (unpaired) electrons. The molecule has 0 aromatic heterocycles. The van der Waals surface area contributed by atoms with Crippen molar-refractivity contribution in [2.75, 3.05) is 13.3 Å². The molecule has 1 N–H and O–H groups in total. The molecule has 0 aromatic carbocycles. The van der Waals surface area contributed by atoms with Crippen molar-refractivity contribution >= 4 is 0 Å². The lowest BCUT2D eigenvalue weighted by Gasteiger charge is -1.73. The molecule has 3 nitrogen and oxygen atoms in total. The fourth-order valence-electron chi connectivity index (χ4n) is 0.145. The van der Waals surface area contributed by atoms with Gasteiger partial charge in [0.05, 0.1) is 6.54 Å². The maximum Gasteiger partial charge on any atom is 0.154 e. The number of aliphatic hydroxyl groups is 1. The molecule has 3 heteroatoms. The first-order valence-electron chi connectivity index (χ1n) is 1.86. The van der Waals surface area contributed by atoms with E-state index in [-0.39, 0.29) is 6.73 Å². The number of aliphatic hydroxyl groups excluding tert-OH is 1. The second kappa shape index (κ2) is 4.56. The van der Waals surface area contributed by atoms with Gasteiger partial charge in [-0.05, 0) is 6.92 Å². The van der Waals surface area contributed by atoms with E-state index in [1.165, 1.54) is 0 Å². The molecule has 0 saturated heterocycles. The number of hydrogen-bond acceptors (Lipinski definition) is 3. The van der Waals surface area contributed by atoms with E-state index in [9.17, 15) is 0 Å². The Balaban J connectivity index is 2.73. The predicted molar refractivity (Wildman–Crippen MR) is 22.5 cm³/mol. The molecule has 0 amide bonds. The minimum atomic E-state index is -0.187. The summed E-state index contributed by atoms with van der Waals surface area (Å²) in [7, 11) is 0. The third-order valence-electron chi connectivity index (χ3n) is 0.305. The van der Waals surface area contributed by atoms with Gasteiger partial charge in [-0.2, -0.15) is 10.2 Å². The van der Waals surface area contributed by atoms with E-state index in [1.54, 1.807) is 0 Å². The minimum absolute atomic E-state index is 0.187. The largest absolute Gasteiger partial charge is 0.373 e. The fraction of sp³-hybridized carbons (Fsp3) is 1.00. The van der Waals surface area contributed by atoms with Crippen molar-refractivity contribution in [3.05, 3.63) is 0 Å². The zero-order chi connectivity index (χ0) is 4.83. The third kappa shape index (κ3) is 3.56. The maximum atomic E-state index is 7.94. The number of hydrogen-bond donors (Lipinski definition) is 1. The summed E-state index contributed by atoms with van der Waals surface area (Å²) in [5, 5.41) is 14.7. The molecule has 0 bridgehead atoms. The van der Waals surface area contributed by atoms with E-state index >= 15 is 0 Å². The van der Waals surface area contributed by atoms with Crippen molar-refractivity contribution in [1.29, 1.82) is 0 Å². The summed E-state index contributed by atoms with van der Waals surface area (Å²) in [4.78, 5) is 0. The van der Waals surface area contributed by atoms with Crippen LogP contribution in [0.4, 0.5) is 0 Å². The minimum Gasteiger partial charge on any atom is -0.373 e. The lowest BCUT2D eigenvalue weighted by Crippen LogP contribution is -1.70. The molecule has 0 heterocycles. The van der Waals surface area contributed by atoms with E-state index in [2.05, 4.69) is 10.2 Å². The highest BCUT2D eigenvalue weighted by Gasteiger charge is 1.60. The predicted octanol–water partition coefficient (Wildman–Crippen LogP) is 0.408. The molecule has 0 spiro atoms. The van der Waals surface area contributed by atoms with Gasteiger partial charge in [-0.25, -0.2) is 0 Å². The summed E-state index contributed by atoms with van der Waals surface area (Å²) < 4.78 is 0. The topological polar surface area (TPSA) is 45.0 Å². The number of rotatable bonds is 2. The molecule has 6 heavy (non-hydrogen) atoms. The average Bonchev–Trinajstić information content (AvgIpc) is 1.61. The molecule has 0 aliphatic rings. The smallest absolute Gasteiger partial charge is 0.154 e. The van der Waals surface area contributed by atoms with Crippen molar-refractivity contribution in [2.45, 2.75) is 6.92 Å². The molecule has 0 unspecified atom stereocenters. The second-order valence-corrected chi connectivity index (χ2v) is 0.740. The second-order valence-electron chi connectivity index (χ2n) is 0.740. The molecule has 0 aliphatic carbocycles. The molecular weight excluding hydrogens is 80.0 g/mol. The zero-order valence-corrected chi connectivity index (χ0v) is 3.76. The van der Waals surface area contributed by atoms with Crippen LogP contribution in [0.5, 0.6) is 0 Å². The van der Waals surface area contributed by atoms with Crippen molar-refractivity contribution in [3.8, 4) is 0 Å². The Morgan fingerprint density at radius 2 is 2.17 bits per heavy atom. The highest BCUT2D eigenvalue weighted by molar-refractivity contribution is 4.19. The quantitative estimate of drug-likeness (QED) is 0.488. The Kier molecular flexibility index (Phi) is 4.23. The molecular formula is C3H8N2O. The van der Waals surface area contributed by atoms with Gasteiger partial charge < -0.3 is 5.11 Å². The Hall–Kier alpha value is -0.440. The summed E-state index contributed by atoms with van der Waals surface area (Å²) in [6.07, 6.45) is 0. The van der Waals surface area contributed by atoms with E-state index in [0.29, 0.717) is 6.54 Å². The third-order valence-corrected chi connectivity index (χ3v) is 0.305. The van der Waals surface area contributed by atoms with Crippen LogP contribution >= 0.6 is 0 Å². The molecule has 0 aromatic rings. The van der Waals surface area contributed by atoms with Crippen LogP contribution in [-0.4, -0.2) is 18.4 Å². The van der Waals surface area contributed by atoms with E-state index in [1.807, 2.05) is 6.92 Å². The first-order chi connectivity index (χ1) is 2.91. The SMILES string of the molecule is CCN=NCO. The van der Waals surface area contributed by atoms with E-state index < -0.39 is 0 Å². The van der Waals surface area contributed by atoms with Crippen molar-refractivity contribution in [1.82, 2.24) is 0 Å².